The number of fused-ring (bicyclic) bond motifs is 1. The Hall–Kier alpha value is -1.06. The number of rotatable bonds is 4. The van der Waals surface area contributed by atoms with E-state index in [4.69, 9.17) is 21.8 Å². The third-order valence-corrected chi connectivity index (χ3v) is 3.00. The first kappa shape index (κ1) is 12.4. The summed E-state index contributed by atoms with van der Waals surface area (Å²) in [5, 5.41) is 0.688. The molecule has 0 spiro atoms. The molecule has 0 aliphatic carbocycles. The maximum Gasteiger partial charge on any atom is 0.197 e. The zero-order valence-electron chi connectivity index (χ0n) is 10.2. The van der Waals surface area contributed by atoms with Gasteiger partial charge >= 0.3 is 0 Å². The highest BCUT2D eigenvalue weighted by Gasteiger charge is 2.12. The number of aryl methyl sites for hydroxylation is 1. The van der Waals surface area contributed by atoms with E-state index >= 15 is 0 Å². The van der Waals surface area contributed by atoms with E-state index < -0.39 is 0 Å². The van der Waals surface area contributed by atoms with Crippen molar-refractivity contribution < 1.29 is 4.42 Å². The van der Waals surface area contributed by atoms with Crippen LogP contribution in [-0.4, -0.2) is 11.0 Å². The maximum absolute atomic E-state index is 5.98. The molecule has 0 amide bonds. The Balaban J connectivity index is 2.28. The molecular weight excluding hydrogens is 236 g/mol. The van der Waals surface area contributed by atoms with Gasteiger partial charge in [-0.1, -0.05) is 24.9 Å². The van der Waals surface area contributed by atoms with Gasteiger partial charge in [0.05, 0.1) is 0 Å². The SMILES string of the molecule is CCCC(N)Cc1nc2cc(Cl)cc(C)c2o1. The molecule has 1 unspecified atom stereocenters. The summed E-state index contributed by atoms with van der Waals surface area (Å²) in [4.78, 5) is 4.43. The Morgan fingerprint density at radius 2 is 2.24 bits per heavy atom. The van der Waals surface area contributed by atoms with Crippen LogP contribution in [0.25, 0.3) is 11.1 Å². The number of nitrogens with zero attached hydrogens (tertiary/aromatic N) is 1. The lowest BCUT2D eigenvalue weighted by Gasteiger charge is -2.05. The van der Waals surface area contributed by atoms with Crippen molar-refractivity contribution in [1.82, 2.24) is 4.98 Å². The summed E-state index contributed by atoms with van der Waals surface area (Å²) in [6.07, 6.45) is 2.74. The summed E-state index contributed by atoms with van der Waals surface area (Å²) in [5.41, 5.74) is 8.62. The van der Waals surface area contributed by atoms with Gasteiger partial charge in [0.1, 0.15) is 5.52 Å². The van der Waals surface area contributed by atoms with Crippen molar-refractivity contribution in [3.8, 4) is 0 Å². The van der Waals surface area contributed by atoms with Gasteiger partial charge in [0.2, 0.25) is 0 Å². The normalized spacial score (nSPS) is 13.2. The van der Waals surface area contributed by atoms with Gasteiger partial charge in [-0.05, 0) is 31.0 Å². The van der Waals surface area contributed by atoms with Crippen molar-refractivity contribution in [2.45, 2.75) is 39.2 Å². The lowest BCUT2D eigenvalue weighted by atomic mass is 10.1. The molecule has 1 heterocycles. The van der Waals surface area contributed by atoms with E-state index in [-0.39, 0.29) is 6.04 Å². The Kier molecular flexibility index (Phi) is 3.69. The number of aromatic nitrogens is 1. The molecule has 4 heteroatoms. The van der Waals surface area contributed by atoms with Crippen LogP contribution in [0.2, 0.25) is 5.02 Å². The summed E-state index contributed by atoms with van der Waals surface area (Å²) in [6, 6.07) is 3.82. The maximum atomic E-state index is 5.98. The van der Waals surface area contributed by atoms with Gasteiger partial charge < -0.3 is 10.2 Å². The minimum absolute atomic E-state index is 0.115. The molecule has 1 aromatic heterocycles. The highest BCUT2D eigenvalue weighted by molar-refractivity contribution is 6.31. The van der Waals surface area contributed by atoms with Gasteiger partial charge in [-0.3, -0.25) is 0 Å². The number of halogens is 1. The first-order chi connectivity index (χ1) is 8.10. The number of oxazole rings is 1. The van der Waals surface area contributed by atoms with E-state index in [0.29, 0.717) is 17.3 Å². The van der Waals surface area contributed by atoms with E-state index in [2.05, 4.69) is 11.9 Å². The molecule has 0 fully saturated rings. The minimum atomic E-state index is 0.115. The summed E-state index contributed by atoms with van der Waals surface area (Å²) in [6.45, 7) is 4.09. The van der Waals surface area contributed by atoms with E-state index in [9.17, 15) is 0 Å². The Morgan fingerprint density at radius 1 is 1.47 bits per heavy atom. The Morgan fingerprint density at radius 3 is 2.94 bits per heavy atom. The van der Waals surface area contributed by atoms with Crippen molar-refractivity contribution in [3.63, 3.8) is 0 Å². The topological polar surface area (TPSA) is 52.0 Å². The van der Waals surface area contributed by atoms with Crippen molar-refractivity contribution in [2.75, 3.05) is 0 Å². The molecule has 2 aromatic rings. The number of benzene rings is 1. The standard InChI is InChI=1S/C13H17ClN2O/c1-3-4-10(15)7-12-16-11-6-9(14)5-8(2)13(11)17-12/h5-6,10H,3-4,7,15H2,1-2H3. The second kappa shape index (κ2) is 5.07. The molecule has 0 saturated heterocycles. The van der Waals surface area contributed by atoms with E-state index in [1.165, 1.54) is 0 Å². The van der Waals surface area contributed by atoms with E-state index in [1.54, 1.807) is 0 Å². The molecule has 92 valence electrons. The first-order valence-corrected chi connectivity index (χ1v) is 6.29. The summed E-state index contributed by atoms with van der Waals surface area (Å²) < 4.78 is 5.72. The molecule has 0 saturated carbocycles. The lowest BCUT2D eigenvalue weighted by Crippen LogP contribution is -2.22. The van der Waals surface area contributed by atoms with Crippen molar-refractivity contribution in [2.24, 2.45) is 5.73 Å². The average Bonchev–Trinajstić information content (AvgIpc) is 2.60. The Labute approximate surface area is 106 Å². The molecule has 0 radical (unpaired) electrons. The molecule has 2 rings (SSSR count). The fraction of sp³-hybridized carbons (Fsp3) is 0.462. The predicted molar refractivity (Wildman–Crippen MR) is 70.3 cm³/mol. The van der Waals surface area contributed by atoms with Crippen LogP contribution in [0.4, 0.5) is 0 Å². The quantitative estimate of drug-likeness (QED) is 0.907. The van der Waals surface area contributed by atoms with Crippen LogP contribution >= 0.6 is 11.6 Å². The van der Waals surface area contributed by atoms with Crippen molar-refractivity contribution in [1.29, 1.82) is 0 Å². The van der Waals surface area contributed by atoms with Gasteiger partial charge in [0.15, 0.2) is 11.5 Å². The fourth-order valence-corrected chi connectivity index (χ4v) is 2.25. The smallest absolute Gasteiger partial charge is 0.197 e. The van der Waals surface area contributed by atoms with E-state index in [1.807, 2.05) is 19.1 Å². The largest absolute Gasteiger partial charge is 0.440 e. The van der Waals surface area contributed by atoms with Crippen LogP contribution in [-0.2, 0) is 6.42 Å². The predicted octanol–water partition coefficient (Wildman–Crippen LogP) is 3.46. The van der Waals surface area contributed by atoms with E-state index in [0.717, 1.165) is 29.5 Å². The molecule has 1 atom stereocenters. The summed E-state index contributed by atoms with van der Waals surface area (Å²) >= 11 is 5.98. The molecule has 0 aliphatic heterocycles. The third-order valence-electron chi connectivity index (χ3n) is 2.78. The molecule has 3 nitrogen and oxygen atoms in total. The van der Waals surface area contributed by atoms with Crippen LogP contribution in [0, 0.1) is 6.92 Å². The van der Waals surface area contributed by atoms with Crippen LogP contribution in [0.1, 0.15) is 31.2 Å². The van der Waals surface area contributed by atoms with Gasteiger partial charge in [0.25, 0.3) is 0 Å². The number of hydrogen-bond acceptors (Lipinski definition) is 3. The highest BCUT2D eigenvalue weighted by atomic mass is 35.5. The van der Waals surface area contributed by atoms with Gasteiger partial charge in [-0.15, -0.1) is 0 Å². The molecule has 2 N–H and O–H groups in total. The lowest BCUT2D eigenvalue weighted by molar-refractivity contribution is 0.480. The van der Waals surface area contributed by atoms with Gasteiger partial charge in [-0.25, -0.2) is 4.98 Å². The second-order valence-corrected chi connectivity index (χ2v) is 4.87. The van der Waals surface area contributed by atoms with Crippen molar-refractivity contribution in [3.05, 3.63) is 28.6 Å². The second-order valence-electron chi connectivity index (χ2n) is 4.43. The summed E-state index contributed by atoms with van der Waals surface area (Å²) in [7, 11) is 0. The van der Waals surface area contributed by atoms with Crippen LogP contribution in [0.5, 0.6) is 0 Å². The van der Waals surface area contributed by atoms with Gasteiger partial charge in [-0.2, -0.15) is 0 Å². The highest BCUT2D eigenvalue weighted by Crippen LogP contribution is 2.24. The fourth-order valence-electron chi connectivity index (χ4n) is 1.99. The zero-order chi connectivity index (χ0) is 12.4. The summed E-state index contributed by atoms with van der Waals surface area (Å²) in [5.74, 6) is 0.700. The monoisotopic (exact) mass is 252 g/mol. The van der Waals surface area contributed by atoms with Crippen LogP contribution in [0.15, 0.2) is 16.5 Å². The van der Waals surface area contributed by atoms with Gasteiger partial charge in [0, 0.05) is 17.5 Å². The Bertz CT molecular complexity index is 521. The molecular formula is C13H17ClN2O. The van der Waals surface area contributed by atoms with Crippen LogP contribution < -0.4 is 5.73 Å². The molecule has 17 heavy (non-hydrogen) atoms. The first-order valence-electron chi connectivity index (χ1n) is 5.91. The zero-order valence-corrected chi connectivity index (χ0v) is 10.9. The molecule has 0 bridgehead atoms. The number of hydrogen-bond donors (Lipinski definition) is 1. The third kappa shape index (κ3) is 2.79. The van der Waals surface area contributed by atoms with Crippen LogP contribution in [0.3, 0.4) is 0 Å². The average molecular weight is 253 g/mol. The van der Waals surface area contributed by atoms with Crippen molar-refractivity contribution >= 4 is 22.7 Å². The number of nitrogens with two attached hydrogens (primary N) is 1. The molecule has 0 aliphatic rings. The minimum Gasteiger partial charge on any atom is -0.440 e. The molecule has 1 aromatic carbocycles.